The maximum absolute atomic E-state index is 13.0. The molecular weight excluding hydrogens is 275 g/mol. The normalized spacial score (nSPS) is 10.9. The van der Waals surface area contributed by atoms with Crippen LogP contribution in [0.25, 0.3) is 0 Å². The second-order valence-corrected chi connectivity index (χ2v) is 4.38. The van der Waals surface area contributed by atoms with Crippen molar-refractivity contribution in [1.82, 2.24) is 4.90 Å². The molecule has 0 saturated carbocycles. The Morgan fingerprint density at radius 3 is 2.67 bits per heavy atom. The molecule has 1 aromatic rings. The third kappa shape index (κ3) is 4.02. The number of benzene rings is 1. The van der Waals surface area contributed by atoms with Crippen LogP contribution in [0.15, 0.2) is 18.2 Å². The van der Waals surface area contributed by atoms with Gasteiger partial charge in [0.05, 0.1) is 23.7 Å². The van der Waals surface area contributed by atoms with Gasteiger partial charge in [0.25, 0.3) is 0 Å². The third-order valence-electron chi connectivity index (χ3n) is 2.91. The molecule has 7 heteroatoms. The molecule has 0 spiro atoms. The maximum atomic E-state index is 13.0. The van der Waals surface area contributed by atoms with Gasteiger partial charge in [-0.05, 0) is 25.1 Å². The summed E-state index contributed by atoms with van der Waals surface area (Å²) < 4.78 is 13.0. The number of nitrogens with one attached hydrogen (secondary N) is 1. The van der Waals surface area contributed by atoms with Gasteiger partial charge in [-0.2, -0.15) is 10.5 Å². The van der Waals surface area contributed by atoms with Gasteiger partial charge in [0, 0.05) is 13.1 Å². The van der Waals surface area contributed by atoms with Crippen molar-refractivity contribution in [2.24, 2.45) is 0 Å². The van der Waals surface area contributed by atoms with E-state index in [1.54, 1.807) is 13.0 Å². The average molecular weight is 288 g/mol. The zero-order valence-corrected chi connectivity index (χ0v) is 11.6. The van der Waals surface area contributed by atoms with E-state index in [0.29, 0.717) is 0 Å². The van der Waals surface area contributed by atoms with Crippen molar-refractivity contribution in [3.8, 4) is 12.1 Å². The number of halogens is 1. The average Bonchev–Trinajstić information content (AvgIpc) is 2.47. The molecule has 0 aliphatic rings. The van der Waals surface area contributed by atoms with Gasteiger partial charge in [0.1, 0.15) is 11.9 Å². The Hall–Kier alpha value is -2.93. The molecule has 0 radical (unpaired) electrons. The minimum Gasteiger partial charge on any atom is -0.334 e. The van der Waals surface area contributed by atoms with Gasteiger partial charge in [-0.25, -0.2) is 4.39 Å². The largest absolute Gasteiger partial charge is 0.334 e. The zero-order valence-electron chi connectivity index (χ0n) is 11.6. The van der Waals surface area contributed by atoms with E-state index < -0.39 is 23.7 Å². The second-order valence-electron chi connectivity index (χ2n) is 4.38. The Labute approximate surface area is 121 Å². The van der Waals surface area contributed by atoms with Crippen LogP contribution >= 0.6 is 0 Å². The molecule has 2 amide bonds. The van der Waals surface area contributed by atoms with Crippen molar-refractivity contribution >= 4 is 17.5 Å². The fraction of sp³-hybridized carbons (Fsp3) is 0.286. The van der Waals surface area contributed by atoms with Crippen LogP contribution in [0.4, 0.5) is 10.1 Å². The van der Waals surface area contributed by atoms with Crippen LogP contribution in [0.1, 0.15) is 18.9 Å². The number of anilines is 1. The summed E-state index contributed by atoms with van der Waals surface area (Å²) in [6.45, 7) is 1.63. The summed E-state index contributed by atoms with van der Waals surface area (Å²) in [4.78, 5) is 24.8. The van der Waals surface area contributed by atoms with Gasteiger partial charge in [0.15, 0.2) is 0 Å². The summed E-state index contributed by atoms with van der Waals surface area (Å²) in [5.74, 6) is -2.41. The lowest BCUT2D eigenvalue weighted by Crippen LogP contribution is -2.42. The molecule has 1 N–H and O–H groups in total. The van der Waals surface area contributed by atoms with E-state index in [1.807, 2.05) is 6.07 Å². The van der Waals surface area contributed by atoms with E-state index in [0.717, 1.165) is 17.0 Å². The summed E-state index contributed by atoms with van der Waals surface area (Å²) in [5.41, 5.74) is -0.0255. The molecule has 0 fully saturated rings. The van der Waals surface area contributed by atoms with Crippen LogP contribution in [0.2, 0.25) is 0 Å². The van der Waals surface area contributed by atoms with Crippen LogP contribution in [0, 0.1) is 28.5 Å². The lowest BCUT2D eigenvalue weighted by Gasteiger charge is -2.22. The van der Waals surface area contributed by atoms with Gasteiger partial charge in [0.2, 0.25) is 0 Å². The summed E-state index contributed by atoms with van der Waals surface area (Å²) in [7, 11) is 1.40. The Morgan fingerprint density at radius 2 is 2.10 bits per heavy atom. The Bertz CT molecular complexity index is 645. The molecule has 0 bridgehead atoms. The summed E-state index contributed by atoms with van der Waals surface area (Å²) >= 11 is 0. The van der Waals surface area contributed by atoms with Gasteiger partial charge < -0.3 is 10.2 Å². The van der Waals surface area contributed by atoms with E-state index in [1.165, 1.54) is 13.1 Å². The molecule has 6 nitrogen and oxygen atoms in total. The monoisotopic (exact) mass is 288 g/mol. The second kappa shape index (κ2) is 7.01. The first kappa shape index (κ1) is 16.1. The standard InChI is InChI=1S/C14H13FN4O2/c1-9(5-6-16)19(2)14(21)13(20)18-12-4-3-11(15)7-10(12)8-17/h3-4,7,9H,5H2,1-2H3,(H,18,20)/t9-/m1/s1. The number of hydrogen-bond acceptors (Lipinski definition) is 4. The van der Waals surface area contributed by atoms with E-state index >= 15 is 0 Å². The van der Waals surface area contributed by atoms with E-state index in [4.69, 9.17) is 10.5 Å². The molecule has 0 aliphatic heterocycles. The molecule has 21 heavy (non-hydrogen) atoms. The molecule has 0 unspecified atom stereocenters. The van der Waals surface area contributed by atoms with Crippen LogP contribution < -0.4 is 5.32 Å². The van der Waals surface area contributed by atoms with Crippen LogP contribution in [-0.4, -0.2) is 29.8 Å². The minimum atomic E-state index is -0.953. The number of nitriles is 2. The molecular formula is C14H13FN4O2. The third-order valence-corrected chi connectivity index (χ3v) is 2.91. The number of likely N-dealkylation sites (N-methyl/N-ethyl adjacent to an activating group) is 1. The van der Waals surface area contributed by atoms with E-state index in [2.05, 4.69) is 5.32 Å². The quantitative estimate of drug-likeness (QED) is 0.850. The first-order valence-electron chi connectivity index (χ1n) is 6.05. The molecule has 0 aromatic heterocycles. The highest BCUT2D eigenvalue weighted by molar-refractivity contribution is 6.39. The molecule has 1 atom stereocenters. The molecule has 0 heterocycles. The number of hydrogen-bond donors (Lipinski definition) is 1. The predicted molar refractivity (Wildman–Crippen MR) is 72.2 cm³/mol. The number of rotatable bonds is 3. The Morgan fingerprint density at radius 1 is 1.43 bits per heavy atom. The smallest absolute Gasteiger partial charge is 0.313 e. The fourth-order valence-corrected chi connectivity index (χ4v) is 1.52. The van der Waals surface area contributed by atoms with Crippen molar-refractivity contribution in [2.45, 2.75) is 19.4 Å². The Balaban J connectivity index is 2.85. The Kier molecular flexibility index (Phi) is 5.39. The highest BCUT2D eigenvalue weighted by atomic mass is 19.1. The molecule has 1 rings (SSSR count). The highest BCUT2D eigenvalue weighted by Crippen LogP contribution is 2.16. The lowest BCUT2D eigenvalue weighted by molar-refractivity contribution is -0.143. The van der Waals surface area contributed by atoms with Crippen LogP contribution in [0.3, 0.4) is 0 Å². The van der Waals surface area contributed by atoms with Crippen LogP contribution in [0.5, 0.6) is 0 Å². The van der Waals surface area contributed by atoms with Crippen molar-refractivity contribution in [1.29, 1.82) is 10.5 Å². The summed E-state index contributed by atoms with van der Waals surface area (Å²) in [6.07, 6.45) is 0.0928. The molecule has 1 aromatic carbocycles. The highest BCUT2D eigenvalue weighted by Gasteiger charge is 2.23. The van der Waals surface area contributed by atoms with Crippen molar-refractivity contribution < 1.29 is 14.0 Å². The maximum Gasteiger partial charge on any atom is 0.313 e. The van der Waals surface area contributed by atoms with E-state index in [9.17, 15) is 14.0 Å². The summed E-state index contributed by atoms with van der Waals surface area (Å²) in [6, 6.07) is 6.46. The van der Waals surface area contributed by atoms with Gasteiger partial charge >= 0.3 is 11.8 Å². The minimum absolute atomic E-state index is 0.0542. The first-order chi connectivity index (χ1) is 9.90. The molecule has 108 valence electrons. The SMILES string of the molecule is C[C@H](CC#N)N(C)C(=O)C(=O)Nc1ccc(F)cc1C#N. The number of amides is 2. The molecule has 0 aliphatic carbocycles. The zero-order chi connectivity index (χ0) is 16.0. The topological polar surface area (TPSA) is 97.0 Å². The van der Waals surface area contributed by atoms with Crippen molar-refractivity contribution in [3.63, 3.8) is 0 Å². The van der Waals surface area contributed by atoms with Gasteiger partial charge in [-0.1, -0.05) is 0 Å². The molecule has 0 saturated heterocycles. The number of carbonyl (C=O) groups is 2. The van der Waals surface area contributed by atoms with Crippen molar-refractivity contribution in [2.75, 3.05) is 12.4 Å². The van der Waals surface area contributed by atoms with Crippen LogP contribution in [-0.2, 0) is 9.59 Å². The fourth-order valence-electron chi connectivity index (χ4n) is 1.52. The first-order valence-corrected chi connectivity index (χ1v) is 6.05. The van der Waals surface area contributed by atoms with Crippen molar-refractivity contribution in [3.05, 3.63) is 29.6 Å². The number of carbonyl (C=O) groups excluding carboxylic acids is 2. The van der Waals surface area contributed by atoms with Gasteiger partial charge in [-0.3, -0.25) is 9.59 Å². The number of nitrogens with zero attached hydrogens (tertiary/aromatic N) is 3. The summed E-state index contributed by atoms with van der Waals surface area (Å²) in [5, 5.41) is 19.7. The lowest BCUT2D eigenvalue weighted by atomic mass is 10.2. The van der Waals surface area contributed by atoms with E-state index in [-0.39, 0.29) is 17.7 Å². The van der Waals surface area contributed by atoms with Gasteiger partial charge in [-0.15, -0.1) is 0 Å². The predicted octanol–water partition coefficient (Wildman–Crippen LogP) is 1.40.